The number of hydrogen-bond acceptors (Lipinski definition) is 3. The first-order valence-electron chi connectivity index (χ1n) is 6.67. The molecule has 3 nitrogen and oxygen atoms in total. The lowest BCUT2D eigenvalue weighted by Gasteiger charge is -2.32. The Morgan fingerprint density at radius 3 is 2.78 bits per heavy atom. The molecule has 1 heterocycles. The fraction of sp³-hybridized carbons (Fsp3) is 0.714. The normalized spacial score (nSPS) is 16.4. The Morgan fingerprint density at radius 1 is 1.33 bits per heavy atom. The van der Waals surface area contributed by atoms with E-state index in [9.17, 15) is 0 Å². The van der Waals surface area contributed by atoms with Crippen LogP contribution in [0.5, 0.6) is 0 Å². The number of aryl methyl sites for hydroxylation is 1. The average molecular weight is 268 g/mol. The van der Waals surface area contributed by atoms with Crippen LogP contribution in [0.15, 0.2) is 6.33 Å². The van der Waals surface area contributed by atoms with Gasteiger partial charge in [0.15, 0.2) is 0 Å². The standard InChI is InChI=1S/C14H22ClN3/c1-14(2,3)12(7-8-15)18-13-10-5-4-6-11(10)16-9-17-13/h9,12H,4-8H2,1-3H3,(H,16,17,18). The van der Waals surface area contributed by atoms with Crippen molar-refractivity contribution >= 4 is 17.4 Å². The summed E-state index contributed by atoms with van der Waals surface area (Å²) in [7, 11) is 0. The monoisotopic (exact) mass is 267 g/mol. The molecule has 0 spiro atoms. The van der Waals surface area contributed by atoms with Crippen LogP contribution in [0.4, 0.5) is 5.82 Å². The zero-order chi connectivity index (χ0) is 13.2. The number of anilines is 1. The Bertz CT molecular complexity index is 412. The fourth-order valence-electron chi connectivity index (χ4n) is 2.48. The van der Waals surface area contributed by atoms with E-state index in [1.54, 1.807) is 6.33 Å². The van der Waals surface area contributed by atoms with Gasteiger partial charge in [-0.1, -0.05) is 20.8 Å². The van der Waals surface area contributed by atoms with Crippen molar-refractivity contribution in [3.8, 4) is 0 Å². The largest absolute Gasteiger partial charge is 0.366 e. The van der Waals surface area contributed by atoms with Crippen LogP contribution < -0.4 is 5.32 Å². The summed E-state index contributed by atoms with van der Waals surface area (Å²) in [5, 5.41) is 3.58. The van der Waals surface area contributed by atoms with Gasteiger partial charge in [-0.25, -0.2) is 9.97 Å². The summed E-state index contributed by atoms with van der Waals surface area (Å²) in [6, 6.07) is 0.342. The predicted octanol–water partition coefficient (Wildman–Crippen LogP) is 3.42. The average Bonchev–Trinajstić information content (AvgIpc) is 2.76. The maximum atomic E-state index is 5.91. The molecule has 0 saturated heterocycles. The van der Waals surface area contributed by atoms with E-state index in [0.717, 1.165) is 25.1 Å². The number of nitrogens with one attached hydrogen (secondary N) is 1. The SMILES string of the molecule is CC(C)(C)C(CCCl)Nc1ncnc2c1CCC2. The van der Waals surface area contributed by atoms with Crippen molar-refractivity contribution in [1.29, 1.82) is 0 Å². The zero-order valence-electron chi connectivity index (χ0n) is 11.5. The summed E-state index contributed by atoms with van der Waals surface area (Å²) < 4.78 is 0. The molecule has 0 amide bonds. The summed E-state index contributed by atoms with van der Waals surface area (Å²) in [5.74, 6) is 1.69. The maximum Gasteiger partial charge on any atom is 0.133 e. The van der Waals surface area contributed by atoms with Crippen LogP contribution in [-0.2, 0) is 12.8 Å². The molecule has 1 unspecified atom stereocenters. The smallest absolute Gasteiger partial charge is 0.133 e. The van der Waals surface area contributed by atoms with Crippen molar-refractivity contribution in [1.82, 2.24) is 9.97 Å². The van der Waals surface area contributed by atoms with E-state index in [1.807, 2.05) is 0 Å². The molecule has 0 saturated carbocycles. The van der Waals surface area contributed by atoms with Gasteiger partial charge in [0, 0.05) is 23.2 Å². The summed E-state index contributed by atoms with van der Waals surface area (Å²) in [6.07, 6.45) is 5.99. The minimum Gasteiger partial charge on any atom is -0.366 e. The molecule has 0 fully saturated rings. The van der Waals surface area contributed by atoms with Crippen molar-refractivity contribution in [3.63, 3.8) is 0 Å². The van der Waals surface area contributed by atoms with Gasteiger partial charge >= 0.3 is 0 Å². The molecule has 0 radical (unpaired) electrons. The molecule has 0 aliphatic heterocycles. The number of aromatic nitrogens is 2. The molecule has 1 aliphatic carbocycles. The summed E-state index contributed by atoms with van der Waals surface area (Å²) in [6.45, 7) is 6.70. The minimum atomic E-state index is 0.172. The molecular formula is C14H22ClN3. The second-order valence-electron chi connectivity index (χ2n) is 6.04. The van der Waals surface area contributed by atoms with Crippen molar-refractivity contribution in [2.45, 2.75) is 52.5 Å². The first-order chi connectivity index (χ1) is 8.52. The molecule has 1 atom stereocenters. The third-order valence-electron chi connectivity index (χ3n) is 3.63. The van der Waals surface area contributed by atoms with Crippen LogP contribution >= 0.6 is 11.6 Å². The van der Waals surface area contributed by atoms with Crippen LogP contribution in [0.1, 0.15) is 44.9 Å². The molecular weight excluding hydrogens is 246 g/mol. The quantitative estimate of drug-likeness (QED) is 0.850. The highest BCUT2D eigenvalue weighted by atomic mass is 35.5. The van der Waals surface area contributed by atoms with Gasteiger partial charge in [-0.3, -0.25) is 0 Å². The van der Waals surface area contributed by atoms with Crippen molar-refractivity contribution in [2.24, 2.45) is 5.41 Å². The van der Waals surface area contributed by atoms with Gasteiger partial charge < -0.3 is 5.32 Å². The van der Waals surface area contributed by atoms with Crippen molar-refractivity contribution < 1.29 is 0 Å². The molecule has 2 rings (SSSR count). The molecule has 1 N–H and O–H groups in total. The summed E-state index contributed by atoms with van der Waals surface area (Å²) in [5.41, 5.74) is 2.69. The van der Waals surface area contributed by atoms with Crippen LogP contribution in [0.2, 0.25) is 0 Å². The lowest BCUT2D eigenvalue weighted by Crippen LogP contribution is -2.35. The van der Waals surface area contributed by atoms with Crippen LogP contribution in [-0.4, -0.2) is 21.9 Å². The third kappa shape index (κ3) is 2.94. The summed E-state index contributed by atoms with van der Waals surface area (Å²) in [4.78, 5) is 8.78. The van der Waals surface area contributed by atoms with E-state index in [-0.39, 0.29) is 5.41 Å². The van der Waals surface area contributed by atoms with Crippen LogP contribution in [0, 0.1) is 5.41 Å². The predicted molar refractivity (Wildman–Crippen MR) is 76.3 cm³/mol. The van der Waals surface area contributed by atoms with E-state index in [2.05, 4.69) is 36.1 Å². The first kappa shape index (κ1) is 13.6. The minimum absolute atomic E-state index is 0.172. The Hall–Kier alpha value is -0.830. The maximum absolute atomic E-state index is 5.91. The number of nitrogens with zero attached hydrogens (tertiary/aromatic N) is 2. The van der Waals surface area contributed by atoms with E-state index < -0.39 is 0 Å². The molecule has 0 aromatic carbocycles. The van der Waals surface area contributed by atoms with Gasteiger partial charge in [0.05, 0.1) is 0 Å². The zero-order valence-corrected chi connectivity index (χ0v) is 12.2. The van der Waals surface area contributed by atoms with Gasteiger partial charge in [-0.2, -0.15) is 0 Å². The fourth-order valence-corrected chi connectivity index (χ4v) is 2.70. The second-order valence-corrected chi connectivity index (χ2v) is 6.42. The van der Waals surface area contributed by atoms with Crippen LogP contribution in [0.3, 0.4) is 0 Å². The molecule has 1 aliphatic rings. The first-order valence-corrected chi connectivity index (χ1v) is 7.21. The molecule has 4 heteroatoms. The van der Waals surface area contributed by atoms with Gasteiger partial charge in [-0.15, -0.1) is 11.6 Å². The number of rotatable bonds is 4. The van der Waals surface area contributed by atoms with E-state index in [1.165, 1.54) is 17.7 Å². The Morgan fingerprint density at radius 2 is 2.11 bits per heavy atom. The van der Waals surface area contributed by atoms with Gasteiger partial charge in [-0.05, 0) is 31.1 Å². The van der Waals surface area contributed by atoms with E-state index in [0.29, 0.717) is 11.9 Å². The Balaban J connectivity index is 2.19. The molecule has 1 aromatic rings. The molecule has 0 bridgehead atoms. The summed E-state index contributed by atoms with van der Waals surface area (Å²) >= 11 is 5.91. The molecule has 1 aromatic heterocycles. The highest BCUT2D eigenvalue weighted by Gasteiger charge is 2.26. The van der Waals surface area contributed by atoms with Crippen molar-refractivity contribution in [2.75, 3.05) is 11.2 Å². The Kier molecular flexibility index (Phi) is 4.10. The Labute approximate surface area is 114 Å². The highest BCUT2D eigenvalue weighted by molar-refractivity contribution is 6.17. The molecule has 18 heavy (non-hydrogen) atoms. The number of halogens is 1. The highest BCUT2D eigenvalue weighted by Crippen LogP contribution is 2.30. The lowest BCUT2D eigenvalue weighted by atomic mass is 9.85. The van der Waals surface area contributed by atoms with Crippen molar-refractivity contribution in [3.05, 3.63) is 17.6 Å². The third-order valence-corrected chi connectivity index (χ3v) is 3.85. The van der Waals surface area contributed by atoms with Gasteiger partial charge in [0.2, 0.25) is 0 Å². The van der Waals surface area contributed by atoms with Gasteiger partial charge in [0.25, 0.3) is 0 Å². The second kappa shape index (κ2) is 5.43. The number of alkyl halides is 1. The lowest BCUT2D eigenvalue weighted by molar-refractivity contribution is 0.334. The van der Waals surface area contributed by atoms with Gasteiger partial charge in [0.1, 0.15) is 12.1 Å². The topological polar surface area (TPSA) is 37.8 Å². The van der Waals surface area contributed by atoms with Crippen LogP contribution in [0.25, 0.3) is 0 Å². The number of hydrogen-bond donors (Lipinski definition) is 1. The van der Waals surface area contributed by atoms with E-state index in [4.69, 9.17) is 11.6 Å². The van der Waals surface area contributed by atoms with E-state index >= 15 is 0 Å². The number of fused-ring (bicyclic) bond motifs is 1. The molecule has 100 valence electrons.